The van der Waals surface area contributed by atoms with Crippen LogP contribution >= 0.6 is 0 Å². The van der Waals surface area contributed by atoms with Crippen LogP contribution in [-0.4, -0.2) is 31.8 Å². The van der Waals surface area contributed by atoms with Crippen molar-refractivity contribution in [1.29, 1.82) is 0 Å². The van der Waals surface area contributed by atoms with Crippen LogP contribution in [0.1, 0.15) is 18.4 Å². The number of ether oxygens (including phenoxy) is 2. The maximum absolute atomic E-state index is 11.7. The summed E-state index contributed by atoms with van der Waals surface area (Å²) in [5.74, 6) is 0.687. The number of hydrogen-bond acceptors (Lipinski definition) is 3. The summed E-state index contributed by atoms with van der Waals surface area (Å²) in [5.41, 5.74) is 0.952. The van der Waals surface area contributed by atoms with E-state index < -0.39 is 0 Å². The Hall–Kier alpha value is -2.07. The molecular weight excluding hydrogens is 266 g/mol. The van der Waals surface area contributed by atoms with Crippen LogP contribution in [0, 0.1) is 0 Å². The molecule has 1 aliphatic rings. The van der Waals surface area contributed by atoms with E-state index in [1.165, 1.54) is 6.08 Å². The summed E-state index contributed by atoms with van der Waals surface area (Å²) >= 11 is 0. The standard InChI is InChI=1S/C17H21NO3/c1-2-11-20-15-8-5-14(6-9-15)7-10-17(19)18-13-16-4-3-12-21-16/h2,5-10,16H,1,3-4,11-13H2,(H,18,19)/b10-7+. The molecule has 0 spiro atoms. The second-order valence-corrected chi connectivity index (χ2v) is 4.88. The van der Waals surface area contributed by atoms with Gasteiger partial charge in [0.25, 0.3) is 0 Å². The monoisotopic (exact) mass is 287 g/mol. The van der Waals surface area contributed by atoms with Crippen molar-refractivity contribution in [3.63, 3.8) is 0 Å². The third kappa shape index (κ3) is 5.44. The SMILES string of the molecule is C=CCOc1ccc(/C=C/C(=O)NCC2CCCO2)cc1. The molecule has 112 valence electrons. The number of nitrogens with one attached hydrogen (secondary N) is 1. The fourth-order valence-electron chi connectivity index (χ4n) is 2.08. The highest BCUT2D eigenvalue weighted by atomic mass is 16.5. The molecule has 1 aliphatic heterocycles. The maximum atomic E-state index is 11.7. The fourth-order valence-corrected chi connectivity index (χ4v) is 2.08. The van der Waals surface area contributed by atoms with Gasteiger partial charge in [0.05, 0.1) is 6.10 Å². The molecule has 0 saturated carbocycles. The summed E-state index contributed by atoms with van der Waals surface area (Å²) in [4.78, 5) is 11.7. The minimum absolute atomic E-state index is 0.0996. The molecule has 4 nitrogen and oxygen atoms in total. The fraction of sp³-hybridized carbons (Fsp3) is 0.353. The van der Waals surface area contributed by atoms with E-state index in [0.29, 0.717) is 13.2 Å². The maximum Gasteiger partial charge on any atom is 0.244 e. The quantitative estimate of drug-likeness (QED) is 0.619. The number of amides is 1. The Morgan fingerprint density at radius 2 is 2.24 bits per heavy atom. The van der Waals surface area contributed by atoms with Gasteiger partial charge in [-0.25, -0.2) is 0 Å². The van der Waals surface area contributed by atoms with Gasteiger partial charge in [-0.05, 0) is 36.6 Å². The molecule has 1 atom stereocenters. The summed E-state index contributed by atoms with van der Waals surface area (Å²) in [6.07, 6.45) is 7.29. The summed E-state index contributed by atoms with van der Waals surface area (Å²) in [7, 11) is 0. The van der Waals surface area contributed by atoms with Crippen LogP contribution in [-0.2, 0) is 9.53 Å². The first kappa shape index (κ1) is 15.3. The first-order valence-electron chi connectivity index (χ1n) is 7.19. The molecule has 0 radical (unpaired) electrons. The molecule has 1 unspecified atom stereocenters. The molecular formula is C17H21NO3. The second-order valence-electron chi connectivity index (χ2n) is 4.88. The molecule has 1 saturated heterocycles. The van der Waals surface area contributed by atoms with E-state index in [1.807, 2.05) is 24.3 Å². The Morgan fingerprint density at radius 1 is 1.43 bits per heavy atom. The first-order chi connectivity index (χ1) is 10.3. The van der Waals surface area contributed by atoms with Crippen LogP contribution in [0.15, 0.2) is 43.0 Å². The van der Waals surface area contributed by atoms with Gasteiger partial charge in [-0.1, -0.05) is 24.8 Å². The largest absolute Gasteiger partial charge is 0.490 e. The van der Waals surface area contributed by atoms with Gasteiger partial charge in [-0.2, -0.15) is 0 Å². The van der Waals surface area contributed by atoms with Crippen molar-refractivity contribution in [3.8, 4) is 5.75 Å². The smallest absolute Gasteiger partial charge is 0.244 e. The van der Waals surface area contributed by atoms with Gasteiger partial charge in [-0.15, -0.1) is 0 Å². The van der Waals surface area contributed by atoms with E-state index in [9.17, 15) is 4.79 Å². The minimum atomic E-state index is -0.0996. The molecule has 2 rings (SSSR count). The lowest BCUT2D eigenvalue weighted by atomic mass is 10.2. The first-order valence-corrected chi connectivity index (χ1v) is 7.19. The highest BCUT2D eigenvalue weighted by Crippen LogP contribution is 2.13. The summed E-state index contributed by atoms with van der Waals surface area (Å²) in [6, 6.07) is 7.55. The van der Waals surface area contributed by atoms with E-state index >= 15 is 0 Å². The third-order valence-electron chi connectivity index (χ3n) is 3.20. The Labute approximate surface area is 125 Å². The lowest BCUT2D eigenvalue weighted by Crippen LogP contribution is -2.30. The summed E-state index contributed by atoms with van der Waals surface area (Å²) < 4.78 is 10.8. The third-order valence-corrected chi connectivity index (χ3v) is 3.20. The van der Waals surface area contributed by atoms with E-state index in [1.54, 1.807) is 12.2 Å². The van der Waals surface area contributed by atoms with Crippen molar-refractivity contribution in [1.82, 2.24) is 5.32 Å². The van der Waals surface area contributed by atoms with Crippen molar-refractivity contribution in [3.05, 3.63) is 48.6 Å². The number of carbonyl (C=O) groups is 1. The molecule has 1 aromatic carbocycles. The summed E-state index contributed by atoms with van der Waals surface area (Å²) in [6.45, 7) is 5.47. The summed E-state index contributed by atoms with van der Waals surface area (Å²) in [5, 5.41) is 2.85. The van der Waals surface area contributed by atoms with Gasteiger partial charge in [0, 0.05) is 19.2 Å². The highest BCUT2D eigenvalue weighted by Gasteiger charge is 2.15. The van der Waals surface area contributed by atoms with E-state index in [2.05, 4.69) is 11.9 Å². The van der Waals surface area contributed by atoms with Crippen LogP contribution in [0.4, 0.5) is 0 Å². The molecule has 1 heterocycles. The topological polar surface area (TPSA) is 47.6 Å². The molecule has 1 aromatic rings. The van der Waals surface area contributed by atoms with Gasteiger partial charge < -0.3 is 14.8 Å². The number of rotatable bonds is 7. The van der Waals surface area contributed by atoms with Crippen molar-refractivity contribution in [2.45, 2.75) is 18.9 Å². The second kappa shape index (κ2) is 8.27. The van der Waals surface area contributed by atoms with Crippen LogP contribution < -0.4 is 10.1 Å². The van der Waals surface area contributed by atoms with Gasteiger partial charge in [0.15, 0.2) is 0 Å². The predicted octanol–water partition coefficient (Wildman–Crippen LogP) is 2.56. The van der Waals surface area contributed by atoms with Crippen LogP contribution in [0.3, 0.4) is 0 Å². The number of hydrogen-bond donors (Lipinski definition) is 1. The molecule has 4 heteroatoms. The number of benzene rings is 1. The van der Waals surface area contributed by atoms with Crippen LogP contribution in [0.2, 0.25) is 0 Å². The molecule has 1 N–H and O–H groups in total. The van der Waals surface area contributed by atoms with Crippen LogP contribution in [0.5, 0.6) is 5.75 Å². The minimum Gasteiger partial charge on any atom is -0.490 e. The Morgan fingerprint density at radius 3 is 2.90 bits per heavy atom. The normalized spacial score (nSPS) is 17.8. The van der Waals surface area contributed by atoms with Gasteiger partial charge in [-0.3, -0.25) is 4.79 Å². The molecule has 0 bridgehead atoms. The Bertz CT molecular complexity index is 487. The van der Waals surface area contributed by atoms with Crippen molar-refractivity contribution in [2.75, 3.05) is 19.8 Å². The van der Waals surface area contributed by atoms with E-state index in [4.69, 9.17) is 9.47 Å². The Balaban J connectivity index is 1.76. The predicted molar refractivity (Wildman–Crippen MR) is 83.2 cm³/mol. The zero-order chi connectivity index (χ0) is 14.9. The zero-order valence-corrected chi connectivity index (χ0v) is 12.1. The van der Waals surface area contributed by atoms with Crippen molar-refractivity contribution < 1.29 is 14.3 Å². The molecule has 21 heavy (non-hydrogen) atoms. The average Bonchev–Trinajstić information content (AvgIpc) is 3.03. The lowest BCUT2D eigenvalue weighted by molar-refractivity contribution is -0.116. The van der Waals surface area contributed by atoms with Gasteiger partial charge >= 0.3 is 0 Å². The molecule has 0 aromatic heterocycles. The zero-order valence-electron chi connectivity index (χ0n) is 12.1. The number of carbonyl (C=O) groups excluding carboxylic acids is 1. The van der Waals surface area contributed by atoms with Gasteiger partial charge in [0.2, 0.25) is 5.91 Å². The van der Waals surface area contributed by atoms with Crippen molar-refractivity contribution >= 4 is 12.0 Å². The lowest BCUT2D eigenvalue weighted by Gasteiger charge is -2.08. The van der Waals surface area contributed by atoms with Crippen molar-refractivity contribution in [2.24, 2.45) is 0 Å². The molecule has 1 amide bonds. The highest BCUT2D eigenvalue weighted by molar-refractivity contribution is 5.91. The molecule has 0 aliphatic carbocycles. The van der Waals surface area contributed by atoms with Gasteiger partial charge in [0.1, 0.15) is 12.4 Å². The molecule has 1 fully saturated rings. The Kier molecular flexibility index (Phi) is 6.03. The van der Waals surface area contributed by atoms with E-state index in [-0.39, 0.29) is 12.0 Å². The average molecular weight is 287 g/mol. The van der Waals surface area contributed by atoms with Crippen LogP contribution in [0.25, 0.3) is 6.08 Å². The van der Waals surface area contributed by atoms with E-state index in [0.717, 1.165) is 30.8 Å².